The first-order valence-corrected chi connectivity index (χ1v) is 4.11. The molecule has 0 N–H and O–H groups in total. The molecule has 12 heavy (non-hydrogen) atoms. The maximum absolute atomic E-state index is 10.7. The number of hydrogen-bond donors (Lipinski definition) is 0. The summed E-state index contributed by atoms with van der Waals surface area (Å²) in [5.41, 5.74) is 0. The summed E-state index contributed by atoms with van der Waals surface area (Å²) in [6.07, 6.45) is 9.61. The van der Waals surface area contributed by atoms with E-state index in [1.807, 2.05) is 13.0 Å². The Hall–Kier alpha value is -1.18. The SMILES string of the molecule is CCC(=O)C=CCC/C=C/C=O. The van der Waals surface area contributed by atoms with Crippen molar-refractivity contribution in [3.8, 4) is 0 Å². The molecule has 0 aliphatic rings. The second kappa shape index (κ2) is 7.92. The van der Waals surface area contributed by atoms with Crippen LogP contribution in [0.2, 0.25) is 0 Å². The molecule has 0 aliphatic carbocycles. The van der Waals surface area contributed by atoms with Crippen LogP contribution in [0.5, 0.6) is 0 Å². The lowest BCUT2D eigenvalue weighted by atomic mass is 10.2. The summed E-state index contributed by atoms with van der Waals surface area (Å²) in [5.74, 6) is 0.148. The van der Waals surface area contributed by atoms with Gasteiger partial charge in [-0.1, -0.05) is 19.1 Å². The van der Waals surface area contributed by atoms with Crippen molar-refractivity contribution in [2.24, 2.45) is 0 Å². The van der Waals surface area contributed by atoms with E-state index >= 15 is 0 Å². The van der Waals surface area contributed by atoms with Crippen LogP contribution in [0.1, 0.15) is 26.2 Å². The molecule has 0 aromatic rings. The molecule has 0 saturated heterocycles. The highest BCUT2D eigenvalue weighted by Gasteiger charge is 1.86. The summed E-state index contributed by atoms with van der Waals surface area (Å²) < 4.78 is 0. The van der Waals surface area contributed by atoms with Gasteiger partial charge in [0, 0.05) is 6.42 Å². The third-order valence-electron chi connectivity index (χ3n) is 1.37. The van der Waals surface area contributed by atoms with Crippen molar-refractivity contribution in [2.45, 2.75) is 26.2 Å². The van der Waals surface area contributed by atoms with E-state index < -0.39 is 0 Å². The molecule has 0 amide bonds. The number of aldehydes is 1. The molecule has 2 nitrogen and oxygen atoms in total. The van der Waals surface area contributed by atoms with E-state index in [1.54, 1.807) is 12.2 Å². The summed E-state index contributed by atoms with van der Waals surface area (Å²) >= 11 is 0. The molecule has 0 aromatic carbocycles. The van der Waals surface area contributed by atoms with Gasteiger partial charge in [0.15, 0.2) is 5.78 Å². The molecule has 0 aliphatic heterocycles. The fourth-order valence-corrected chi connectivity index (χ4v) is 0.677. The van der Waals surface area contributed by atoms with Crippen LogP contribution in [-0.2, 0) is 9.59 Å². The zero-order valence-corrected chi connectivity index (χ0v) is 7.32. The number of carbonyl (C=O) groups excluding carboxylic acids is 2. The lowest BCUT2D eigenvalue weighted by Gasteiger charge is -1.85. The van der Waals surface area contributed by atoms with Crippen molar-refractivity contribution in [2.75, 3.05) is 0 Å². The molecule has 0 heterocycles. The normalized spacial score (nSPS) is 11.1. The average molecular weight is 166 g/mol. The largest absolute Gasteiger partial charge is 0.299 e. The maximum atomic E-state index is 10.7. The van der Waals surface area contributed by atoms with Gasteiger partial charge in [-0.2, -0.15) is 0 Å². The number of hydrogen-bond acceptors (Lipinski definition) is 2. The zero-order valence-electron chi connectivity index (χ0n) is 7.32. The Balaban J connectivity index is 3.42. The topological polar surface area (TPSA) is 34.1 Å². The van der Waals surface area contributed by atoms with Gasteiger partial charge in [-0.05, 0) is 25.0 Å². The van der Waals surface area contributed by atoms with Gasteiger partial charge in [-0.15, -0.1) is 0 Å². The van der Waals surface area contributed by atoms with Gasteiger partial charge >= 0.3 is 0 Å². The molecule has 0 bridgehead atoms. The van der Waals surface area contributed by atoms with Crippen molar-refractivity contribution in [1.29, 1.82) is 0 Å². The van der Waals surface area contributed by atoms with Crippen LogP contribution in [0.15, 0.2) is 24.3 Å². The van der Waals surface area contributed by atoms with Crippen molar-refractivity contribution in [3.63, 3.8) is 0 Å². The minimum Gasteiger partial charge on any atom is -0.299 e. The summed E-state index contributed by atoms with van der Waals surface area (Å²) in [6, 6.07) is 0. The van der Waals surface area contributed by atoms with Gasteiger partial charge in [0.1, 0.15) is 6.29 Å². The Bertz CT molecular complexity index is 190. The fraction of sp³-hybridized carbons (Fsp3) is 0.400. The van der Waals surface area contributed by atoms with Crippen LogP contribution >= 0.6 is 0 Å². The average Bonchev–Trinajstić information content (AvgIpc) is 2.10. The van der Waals surface area contributed by atoms with Crippen LogP contribution < -0.4 is 0 Å². The molecular weight excluding hydrogens is 152 g/mol. The standard InChI is InChI=1S/C10H14O2/c1-2-10(12)8-6-4-3-5-7-9-11/h5-9H,2-4H2,1H3/b7-5+,8-6?. The van der Waals surface area contributed by atoms with E-state index in [0.717, 1.165) is 19.1 Å². The number of allylic oxidation sites excluding steroid dienone is 4. The smallest absolute Gasteiger partial charge is 0.155 e. The quantitative estimate of drug-likeness (QED) is 0.344. The second-order valence-electron chi connectivity index (χ2n) is 2.36. The Morgan fingerprint density at radius 3 is 2.50 bits per heavy atom. The van der Waals surface area contributed by atoms with Crippen molar-refractivity contribution in [1.82, 2.24) is 0 Å². The first-order chi connectivity index (χ1) is 5.81. The molecule has 66 valence electrons. The highest BCUT2D eigenvalue weighted by Crippen LogP contribution is 1.93. The van der Waals surface area contributed by atoms with E-state index in [1.165, 1.54) is 6.08 Å². The predicted molar refractivity (Wildman–Crippen MR) is 48.9 cm³/mol. The van der Waals surface area contributed by atoms with Gasteiger partial charge in [0.05, 0.1) is 0 Å². The summed E-state index contributed by atoms with van der Waals surface area (Å²) in [5, 5.41) is 0. The minimum absolute atomic E-state index is 0.148. The number of unbranched alkanes of at least 4 members (excludes halogenated alkanes) is 1. The van der Waals surface area contributed by atoms with Crippen LogP contribution in [0.25, 0.3) is 0 Å². The van der Waals surface area contributed by atoms with Crippen molar-refractivity contribution >= 4 is 12.1 Å². The maximum Gasteiger partial charge on any atom is 0.155 e. The summed E-state index contributed by atoms with van der Waals surface area (Å²) in [7, 11) is 0. The predicted octanol–water partition coefficient (Wildman–Crippen LogP) is 2.06. The van der Waals surface area contributed by atoms with E-state index in [4.69, 9.17) is 0 Å². The molecule has 0 fully saturated rings. The second-order valence-corrected chi connectivity index (χ2v) is 2.36. The lowest BCUT2D eigenvalue weighted by Crippen LogP contribution is -1.86. The molecular formula is C10H14O2. The first kappa shape index (κ1) is 10.8. The van der Waals surface area contributed by atoms with Crippen LogP contribution in [0.3, 0.4) is 0 Å². The van der Waals surface area contributed by atoms with Gasteiger partial charge < -0.3 is 0 Å². The third kappa shape index (κ3) is 6.93. The molecule has 2 heteroatoms. The van der Waals surface area contributed by atoms with Crippen LogP contribution in [0, 0.1) is 0 Å². The van der Waals surface area contributed by atoms with E-state index in [-0.39, 0.29) is 5.78 Å². The number of rotatable bonds is 6. The molecule has 0 aromatic heterocycles. The molecule has 0 rings (SSSR count). The van der Waals surface area contributed by atoms with E-state index in [0.29, 0.717) is 6.42 Å². The van der Waals surface area contributed by atoms with Crippen LogP contribution in [0.4, 0.5) is 0 Å². The van der Waals surface area contributed by atoms with E-state index in [2.05, 4.69) is 0 Å². The van der Waals surface area contributed by atoms with Crippen LogP contribution in [-0.4, -0.2) is 12.1 Å². The van der Waals surface area contributed by atoms with Gasteiger partial charge in [-0.25, -0.2) is 0 Å². The summed E-state index contributed by atoms with van der Waals surface area (Å²) in [6.45, 7) is 1.83. The fourth-order valence-electron chi connectivity index (χ4n) is 0.677. The molecule has 0 unspecified atom stereocenters. The molecule has 0 saturated carbocycles. The van der Waals surface area contributed by atoms with Crippen molar-refractivity contribution < 1.29 is 9.59 Å². The lowest BCUT2D eigenvalue weighted by molar-refractivity contribution is -0.114. The van der Waals surface area contributed by atoms with Gasteiger partial charge in [0.25, 0.3) is 0 Å². The van der Waals surface area contributed by atoms with Gasteiger partial charge in [-0.3, -0.25) is 9.59 Å². The minimum atomic E-state index is 0.148. The highest BCUT2D eigenvalue weighted by atomic mass is 16.1. The highest BCUT2D eigenvalue weighted by molar-refractivity contribution is 5.89. The molecule has 0 atom stereocenters. The van der Waals surface area contributed by atoms with E-state index in [9.17, 15) is 9.59 Å². The zero-order chi connectivity index (χ0) is 9.23. The van der Waals surface area contributed by atoms with Gasteiger partial charge in [0.2, 0.25) is 0 Å². The Kier molecular flexibility index (Phi) is 7.14. The van der Waals surface area contributed by atoms with Crippen molar-refractivity contribution in [3.05, 3.63) is 24.3 Å². The Labute approximate surface area is 73.0 Å². The monoisotopic (exact) mass is 166 g/mol. The Morgan fingerprint density at radius 1 is 1.25 bits per heavy atom. The third-order valence-corrected chi connectivity index (χ3v) is 1.37. The molecule has 0 radical (unpaired) electrons. The Morgan fingerprint density at radius 2 is 1.92 bits per heavy atom. The molecule has 0 spiro atoms. The number of ketones is 1. The summed E-state index contributed by atoms with van der Waals surface area (Å²) in [4.78, 5) is 20.6. The first-order valence-electron chi connectivity index (χ1n) is 4.11. The number of carbonyl (C=O) groups is 2.